The number of carbonyl (C=O) groups excluding carboxylic acids is 3. The third-order valence-electron chi connectivity index (χ3n) is 6.21. The van der Waals surface area contributed by atoms with Crippen LogP contribution in [0.1, 0.15) is 47.5 Å². The van der Waals surface area contributed by atoms with Crippen molar-refractivity contribution >= 4 is 17.7 Å². The molecular formula is C25H35NO7. The molecular weight excluding hydrogens is 426 g/mol. The second-order valence-electron chi connectivity index (χ2n) is 9.14. The van der Waals surface area contributed by atoms with Gasteiger partial charge in [0.1, 0.15) is 17.6 Å². The Kier molecular flexibility index (Phi) is 8.94. The number of ketones is 1. The van der Waals surface area contributed by atoms with Crippen molar-refractivity contribution in [3.8, 4) is 0 Å². The summed E-state index contributed by atoms with van der Waals surface area (Å²) in [5, 5.41) is 32.9. The number of fused-ring (bicyclic) bond motifs is 10. The van der Waals surface area contributed by atoms with Crippen LogP contribution in [-0.2, 0) is 19.1 Å². The number of hydrogen-bond donors (Lipinski definition) is 4. The molecule has 3 rings (SSSR count). The minimum absolute atomic E-state index is 0.0439. The largest absolute Gasteiger partial charge is 0.461 e. The van der Waals surface area contributed by atoms with E-state index in [1.165, 1.54) is 13.8 Å². The number of aliphatic hydroxyl groups excluding tert-OH is 3. The Morgan fingerprint density at radius 1 is 1.15 bits per heavy atom. The molecule has 1 saturated heterocycles. The Labute approximate surface area is 194 Å². The zero-order chi connectivity index (χ0) is 24.9. The van der Waals surface area contributed by atoms with E-state index in [1.54, 1.807) is 44.2 Å². The van der Waals surface area contributed by atoms with Crippen LogP contribution in [0.2, 0.25) is 0 Å². The Morgan fingerprint density at radius 3 is 2.39 bits per heavy atom. The highest BCUT2D eigenvalue weighted by molar-refractivity contribution is 6.08. The van der Waals surface area contributed by atoms with Gasteiger partial charge in [0.05, 0.1) is 24.2 Å². The smallest absolute Gasteiger partial charge is 0.322 e. The van der Waals surface area contributed by atoms with Gasteiger partial charge in [-0.25, -0.2) is 0 Å². The molecule has 0 spiro atoms. The van der Waals surface area contributed by atoms with E-state index in [0.29, 0.717) is 12.0 Å². The molecule has 8 nitrogen and oxygen atoms in total. The van der Waals surface area contributed by atoms with E-state index in [4.69, 9.17) is 4.74 Å². The third kappa shape index (κ3) is 6.50. The van der Waals surface area contributed by atoms with Gasteiger partial charge in [0, 0.05) is 6.42 Å². The number of aliphatic hydroxyl groups is 3. The molecule has 4 N–H and O–H groups in total. The molecule has 2 aliphatic heterocycles. The van der Waals surface area contributed by atoms with Gasteiger partial charge in [-0.3, -0.25) is 14.4 Å². The Balaban J connectivity index is 2.56. The second-order valence-corrected chi connectivity index (χ2v) is 9.14. The van der Waals surface area contributed by atoms with Crippen molar-refractivity contribution in [2.45, 2.75) is 77.9 Å². The van der Waals surface area contributed by atoms with Gasteiger partial charge in [0.25, 0.3) is 0 Å². The first-order chi connectivity index (χ1) is 15.4. The lowest BCUT2D eigenvalue weighted by atomic mass is 9.69. The fourth-order valence-corrected chi connectivity index (χ4v) is 3.88. The molecule has 7 atom stereocenters. The van der Waals surface area contributed by atoms with Crippen LogP contribution < -0.4 is 5.32 Å². The molecule has 0 saturated carbocycles. The molecule has 2 heterocycles. The summed E-state index contributed by atoms with van der Waals surface area (Å²) < 4.78 is 5.61. The average molecular weight is 462 g/mol. The summed E-state index contributed by atoms with van der Waals surface area (Å²) in [6.45, 7) is 7.89. The van der Waals surface area contributed by atoms with Gasteiger partial charge < -0.3 is 25.4 Å². The molecule has 33 heavy (non-hydrogen) atoms. The second kappa shape index (κ2) is 11.0. The van der Waals surface area contributed by atoms with Crippen molar-refractivity contribution in [1.82, 2.24) is 5.32 Å². The van der Waals surface area contributed by atoms with E-state index in [0.717, 1.165) is 5.57 Å². The minimum Gasteiger partial charge on any atom is -0.461 e. The molecule has 2 bridgehead atoms. The molecule has 0 aromatic rings. The van der Waals surface area contributed by atoms with E-state index < -0.39 is 59.5 Å². The zero-order valence-electron chi connectivity index (χ0n) is 19.8. The molecule has 1 fully saturated rings. The van der Waals surface area contributed by atoms with Crippen LogP contribution in [-0.4, -0.2) is 63.4 Å². The van der Waals surface area contributed by atoms with Crippen LogP contribution in [0.5, 0.6) is 0 Å². The highest BCUT2D eigenvalue weighted by atomic mass is 16.5. The number of carbonyl (C=O) groups is 3. The maximum absolute atomic E-state index is 13.5. The van der Waals surface area contributed by atoms with Gasteiger partial charge in [-0.1, -0.05) is 54.5 Å². The minimum atomic E-state index is -1.74. The molecule has 0 aromatic carbocycles. The highest BCUT2D eigenvalue weighted by Gasteiger charge is 2.56. The van der Waals surface area contributed by atoms with Crippen molar-refractivity contribution < 1.29 is 34.4 Å². The fourth-order valence-electron chi connectivity index (χ4n) is 3.88. The van der Waals surface area contributed by atoms with E-state index in [-0.39, 0.29) is 6.42 Å². The maximum atomic E-state index is 13.5. The molecule has 0 radical (unpaired) electrons. The van der Waals surface area contributed by atoms with Crippen LogP contribution in [0.15, 0.2) is 47.6 Å². The van der Waals surface area contributed by atoms with Crippen molar-refractivity contribution in [3.63, 3.8) is 0 Å². The number of allylic oxidation sites excluding steroid dienone is 4. The summed E-state index contributed by atoms with van der Waals surface area (Å²) in [7, 11) is 0. The summed E-state index contributed by atoms with van der Waals surface area (Å²) >= 11 is 0. The van der Waals surface area contributed by atoms with Gasteiger partial charge in [-0.15, -0.1) is 0 Å². The van der Waals surface area contributed by atoms with Gasteiger partial charge in [0.15, 0.2) is 5.78 Å². The Morgan fingerprint density at radius 2 is 1.76 bits per heavy atom. The number of esters is 1. The first-order valence-electron chi connectivity index (χ1n) is 11.2. The Hall–Kier alpha value is -2.55. The van der Waals surface area contributed by atoms with E-state index >= 15 is 0 Å². The highest BCUT2D eigenvalue weighted by Crippen LogP contribution is 2.38. The van der Waals surface area contributed by atoms with Crippen molar-refractivity contribution in [1.29, 1.82) is 0 Å². The standard InChI is InChI=1S/C25H35NO7/c1-14-6-9-18(28)10-8-15(2)12-21(26-23(31)17(4)27)25(5)22(30)16(3)20(33-24(25)32)13-19(29)11-7-14/h6-8,10-12,16-21,27-29H,9,13H2,1-5H3,(H,26,31)/t16-,17-,18+,19-,20-,21?,25+/m1/s1. The van der Waals surface area contributed by atoms with Gasteiger partial charge in [0.2, 0.25) is 5.91 Å². The topological polar surface area (TPSA) is 133 Å². The van der Waals surface area contributed by atoms with Gasteiger partial charge in [-0.05, 0) is 34.1 Å². The summed E-state index contributed by atoms with van der Waals surface area (Å²) in [6.07, 6.45) is 6.38. The SMILES string of the molecule is CC1=CC[C@H](O)C=CC(C)=CC(NC(=O)[C@@H](C)O)[C@]2(C)C(=O)O[C@H](C[C@H](O)C=C1)[C@@H](C)C2=O. The van der Waals surface area contributed by atoms with Crippen LogP contribution in [0.25, 0.3) is 0 Å². The third-order valence-corrected chi connectivity index (χ3v) is 6.21. The van der Waals surface area contributed by atoms with Crippen molar-refractivity contribution in [2.75, 3.05) is 0 Å². The summed E-state index contributed by atoms with van der Waals surface area (Å²) in [4.78, 5) is 38.9. The summed E-state index contributed by atoms with van der Waals surface area (Å²) in [6, 6.07) is -1.09. The summed E-state index contributed by atoms with van der Waals surface area (Å²) in [5.41, 5.74) is -0.292. The molecule has 1 amide bonds. The van der Waals surface area contributed by atoms with E-state index in [2.05, 4.69) is 5.32 Å². The number of ether oxygens (including phenoxy) is 1. The first kappa shape index (κ1) is 26.7. The fraction of sp³-hybridized carbons (Fsp3) is 0.560. The Bertz CT molecular complexity index is 885. The lowest BCUT2D eigenvalue weighted by Crippen LogP contribution is -2.61. The number of Topliss-reactive ketones (excluding diaryl/α,β-unsaturated/α-hetero) is 1. The average Bonchev–Trinajstić information content (AvgIpc) is 2.75. The lowest BCUT2D eigenvalue weighted by molar-refractivity contribution is -0.181. The van der Waals surface area contributed by atoms with E-state index in [1.807, 2.05) is 13.0 Å². The maximum Gasteiger partial charge on any atom is 0.322 e. The molecule has 0 aromatic heterocycles. The molecule has 8 heteroatoms. The van der Waals surface area contributed by atoms with Crippen molar-refractivity contribution in [3.05, 3.63) is 47.6 Å². The van der Waals surface area contributed by atoms with Gasteiger partial charge >= 0.3 is 5.97 Å². The predicted octanol–water partition coefficient (Wildman–Crippen LogP) is 1.51. The first-order valence-corrected chi connectivity index (χ1v) is 11.2. The number of rotatable bonds is 2. The van der Waals surface area contributed by atoms with E-state index in [9.17, 15) is 29.7 Å². The molecule has 3 aliphatic rings. The van der Waals surface area contributed by atoms with Crippen molar-refractivity contribution in [2.24, 2.45) is 11.3 Å². The van der Waals surface area contributed by atoms with Gasteiger partial charge in [-0.2, -0.15) is 0 Å². The number of nitrogens with one attached hydrogen (secondary N) is 1. The summed E-state index contributed by atoms with van der Waals surface area (Å²) in [5.74, 6) is -2.70. The van der Waals surface area contributed by atoms with Crippen LogP contribution in [0.3, 0.4) is 0 Å². The zero-order valence-corrected chi connectivity index (χ0v) is 19.8. The van der Waals surface area contributed by atoms with Crippen LogP contribution in [0, 0.1) is 11.3 Å². The molecule has 1 unspecified atom stereocenters. The quantitative estimate of drug-likeness (QED) is 0.362. The molecule has 182 valence electrons. The monoisotopic (exact) mass is 461 g/mol. The van der Waals surface area contributed by atoms with Crippen LogP contribution >= 0.6 is 0 Å². The number of amides is 1. The predicted molar refractivity (Wildman–Crippen MR) is 123 cm³/mol. The lowest BCUT2D eigenvalue weighted by Gasteiger charge is -2.42. The normalized spacial score (nSPS) is 34.7. The number of hydrogen-bond acceptors (Lipinski definition) is 7. The molecule has 1 aliphatic carbocycles. The van der Waals surface area contributed by atoms with Crippen LogP contribution in [0.4, 0.5) is 0 Å².